The van der Waals surface area contributed by atoms with E-state index in [1.54, 1.807) is 4.90 Å². The number of nitrogens with two attached hydrogens (primary N) is 1. The number of carbonyl (C=O) groups excluding carboxylic acids is 2. The fourth-order valence-electron chi connectivity index (χ4n) is 3.58. The van der Waals surface area contributed by atoms with Crippen LogP contribution in [0.2, 0.25) is 0 Å². The molecule has 1 saturated heterocycles. The smallest absolute Gasteiger partial charge is 0.417 e. The third kappa shape index (κ3) is 6.78. The molecule has 13 heteroatoms. The molecule has 1 aliphatic rings. The number of hydrogen-bond donors (Lipinski definition) is 2. The van der Waals surface area contributed by atoms with Crippen molar-refractivity contribution in [3.8, 4) is 0 Å². The molecule has 2 heterocycles. The number of carboxylic acid groups (broad SMARTS) is 1. The van der Waals surface area contributed by atoms with Gasteiger partial charge in [-0.05, 0) is 42.5 Å². The van der Waals surface area contributed by atoms with E-state index in [-0.39, 0.29) is 37.7 Å². The maximum atomic E-state index is 13.1. The predicted molar refractivity (Wildman–Crippen MR) is 123 cm³/mol. The topological polar surface area (TPSA) is 130 Å². The fraction of sp³-hybridized carbons (Fsp3) is 0.208. The average molecular weight is 519 g/mol. The zero-order valence-corrected chi connectivity index (χ0v) is 19.2. The van der Waals surface area contributed by atoms with E-state index in [1.807, 2.05) is 0 Å². The van der Waals surface area contributed by atoms with E-state index >= 15 is 0 Å². The number of carboxylic acids is 1. The first kappa shape index (κ1) is 27.0. The van der Waals surface area contributed by atoms with Crippen LogP contribution >= 0.6 is 0 Å². The Morgan fingerprint density at radius 1 is 0.919 bits per heavy atom. The van der Waals surface area contributed by atoms with Crippen LogP contribution in [-0.4, -0.2) is 64.2 Å². The maximum Gasteiger partial charge on any atom is 0.417 e. The number of nitrogens with zero attached hydrogens (tertiary/aromatic N) is 4. The van der Waals surface area contributed by atoms with Gasteiger partial charge in [0.15, 0.2) is 5.69 Å². The molecule has 0 radical (unpaired) electrons. The first-order chi connectivity index (χ1) is 17.5. The summed E-state index contributed by atoms with van der Waals surface area (Å²) in [6.07, 6.45) is -3.26. The lowest BCUT2D eigenvalue weighted by Gasteiger charge is -2.36. The summed E-state index contributed by atoms with van der Waals surface area (Å²) in [5.41, 5.74) is 4.01. The van der Waals surface area contributed by atoms with Gasteiger partial charge in [0, 0.05) is 31.7 Å². The molecule has 1 aromatic heterocycles. The average Bonchev–Trinajstić information content (AvgIpc) is 2.88. The second-order valence-corrected chi connectivity index (χ2v) is 7.76. The quantitative estimate of drug-likeness (QED) is 0.507. The molecule has 4 rings (SSSR count). The van der Waals surface area contributed by atoms with Gasteiger partial charge < -0.3 is 20.6 Å². The van der Waals surface area contributed by atoms with Crippen LogP contribution in [0, 0.1) is 5.82 Å². The van der Waals surface area contributed by atoms with Crippen molar-refractivity contribution in [3.05, 3.63) is 89.0 Å². The molecule has 2 aromatic carbocycles. The molecule has 3 N–H and O–H groups in total. The van der Waals surface area contributed by atoms with Crippen molar-refractivity contribution in [1.29, 1.82) is 0 Å². The van der Waals surface area contributed by atoms with Gasteiger partial charge in [-0.3, -0.25) is 9.59 Å². The summed E-state index contributed by atoms with van der Waals surface area (Å²) in [6, 6.07) is 11.3. The number of benzene rings is 2. The van der Waals surface area contributed by atoms with Crippen LogP contribution in [0.3, 0.4) is 0 Å². The van der Waals surface area contributed by atoms with Crippen molar-refractivity contribution >= 4 is 23.5 Å². The van der Waals surface area contributed by atoms with Crippen molar-refractivity contribution in [1.82, 2.24) is 15.1 Å². The molecule has 0 spiro atoms. The van der Waals surface area contributed by atoms with Crippen LogP contribution < -0.4 is 10.6 Å². The van der Waals surface area contributed by atoms with E-state index in [9.17, 15) is 37.1 Å². The summed E-state index contributed by atoms with van der Waals surface area (Å²) in [7, 11) is 0. The minimum Gasteiger partial charge on any atom is -0.476 e. The van der Waals surface area contributed by atoms with Gasteiger partial charge >= 0.3 is 12.1 Å². The van der Waals surface area contributed by atoms with Gasteiger partial charge in [-0.1, -0.05) is 12.1 Å². The summed E-state index contributed by atoms with van der Waals surface area (Å²) < 4.78 is 51.6. The summed E-state index contributed by atoms with van der Waals surface area (Å²) in [5, 5.41) is 16.3. The van der Waals surface area contributed by atoms with Crippen molar-refractivity contribution < 1.29 is 37.1 Å². The Labute approximate surface area is 208 Å². The maximum absolute atomic E-state index is 13.1. The van der Waals surface area contributed by atoms with Crippen LogP contribution in [0.5, 0.6) is 0 Å². The second kappa shape index (κ2) is 11.5. The molecule has 2 amide bonds. The number of rotatable bonds is 4. The second-order valence-electron chi connectivity index (χ2n) is 7.76. The van der Waals surface area contributed by atoms with Gasteiger partial charge in [0.25, 0.3) is 5.91 Å². The Hall–Kier alpha value is -4.55. The van der Waals surface area contributed by atoms with Crippen molar-refractivity contribution in [3.63, 3.8) is 0 Å². The van der Waals surface area contributed by atoms with E-state index in [1.165, 1.54) is 53.6 Å². The first-order valence-corrected chi connectivity index (χ1v) is 10.8. The Kier molecular flexibility index (Phi) is 8.37. The minimum atomic E-state index is -4.62. The van der Waals surface area contributed by atoms with Crippen molar-refractivity contribution in [2.45, 2.75) is 6.18 Å². The zero-order chi connectivity index (χ0) is 27.2. The molecule has 0 bridgehead atoms. The van der Waals surface area contributed by atoms with Gasteiger partial charge in [-0.2, -0.15) is 18.3 Å². The van der Waals surface area contributed by atoms with Crippen LogP contribution in [0.25, 0.3) is 0 Å². The number of primary amides is 1. The Balaban J connectivity index is 0.000000319. The molecule has 1 aliphatic heterocycles. The fourth-order valence-corrected chi connectivity index (χ4v) is 3.58. The molecule has 9 nitrogen and oxygen atoms in total. The summed E-state index contributed by atoms with van der Waals surface area (Å²) in [4.78, 5) is 37.3. The number of alkyl halides is 3. The number of piperazine rings is 1. The molecular formula is C24H21F4N5O4. The highest BCUT2D eigenvalue weighted by Gasteiger charge is 2.36. The van der Waals surface area contributed by atoms with E-state index in [0.29, 0.717) is 11.3 Å². The van der Waals surface area contributed by atoms with E-state index in [2.05, 4.69) is 10.2 Å². The van der Waals surface area contributed by atoms with Gasteiger partial charge in [0.2, 0.25) is 5.91 Å². The number of aromatic carboxylic acids is 1. The molecule has 0 unspecified atom stereocenters. The lowest BCUT2D eigenvalue weighted by atomic mass is 10.1. The highest BCUT2D eigenvalue weighted by Crippen LogP contribution is 2.32. The van der Waals surface area contributed by atoms with Crippen molar-refractivity contribution in [2.75, 3.05) is 31.1 Å². The lowest BCUT2D eigenvalue weighted by Crippen LogP contribution is -2.49. The molecule has 194 valence electrons. The van der Waals surface area contributed by atoms with Crippen LogP contribution in [0.1, 0.15) is 36.8 Å². The van der Waals surface area contributed by atoms with Gasteiger partial charge in [-0.15, -0.1) is 5.10 Å². The molecular weight excluding hydrogens is 498 g/mol. The van der Waals surface area contributed by atoms with E-state index in [4.69, 9.17) is 5.73 Å². The third-order valence-corrected chi connectivity index (χ3v) is 5.40. The standard InChI is InChI=1S/C17H15F3N4O3.C7H6FNO/c18-17(19,20)12-4-2-1-3-11(12)15(25)24-9-7-23(8-10-24)13-5-6-21-22-14(13)16(26)27;8-6-3-1-5(2-4-6)7(9)10/h1-6H,7-10H2,(H,26,27);1-4H,(H2,9,10). The first-order valence-electron chi connectivity index (χ1n) is 10.8. The van der Waals surface area contributed by atoms with Gasteiger partial charge in [0.05, 0.1) is 23.0 Å². The molecule has 1 fully saturated rings. The molecule has 3 aromatic rings. The number of anilines is 1. The summed E-state index contributed by atoms with van der Waals surface area (Å²) >= 11 is 0. The number of hydrogen-bond acceptors (Lipinski definition) is 6. The van der Waals surface area contributed by atoms with Crippen LogP contribution in [0.15, 0.2) is 60.8 Å². The third-order valence-electron chi connectivity index (χ3n) is 5.40. The Bertz CT molecular complexity index is 1280. The monoisotopic (exact) mass is 519 g/mol. The molecule has 37 heavy (non-hydrogen) atoms. The predicted octanol–water partition coefficient (Wildman–Crippen LogP) is 3.08. The lowest BCUT2D eigenvalue weighted by molar-refractivity contribution is -0.138. The number of amides is 2. The summed E-state index contributed by atoms with van der Waals surface area (Å²) in [5.74, 6) is -2.84. The molecule has 0 atom stereocenters. The summed E-state index contributed by atoms with van der Waals surface area (Å²) in [6.45, 7) is 0.858. The minimum absolute atomic E-state index is 0.159. The zero-order valence-electron chi connectivity index (χ0n) is 19.2. The highest BCUT2D eigenvalue weighted by atomic mass is 19.4. The molecule has 0 saturated carbocycles. The van der Waals surface area contributed by atoms with Gasteiger partial charge in [-0.25, -0.2) is 9.18 Å². The van der Waals surface area contributed by atoms with Crippen molar-refractivity contribution in [2.24, 2.45) is 5.73 Å². The van der Waals surface area contributed by atoms with Crippen LogP contribution in [0.4, 0.5) is 23.2 Å². The molecule has 0 aliphatic carbocycles. The van der Waals surface area contributed by atoms with E-state index < -0.39 is 35.1 Å². The Morgan fingerprint density at radius 3 is 2.11 bits per heavy atom. The van der Waals surface area contributed by atoms with E-state index in [0.717, 1.165) is 12.1 Å². The highest BCUT2D eigenvalue weighted by molar-refractivity contribution is 5.96. The largest absolute Gasteiger partial charge is 0.476 e. The number of aromatic nitrogens is 2. The van der Waals surface area contributed by atoms with Gasteiger partial charge in [0.1, 0.15) is 5.82 Å². The SMILES string of the molecule is NC(=O)c1ccc(F)cc1.O=C(O)c1nnccc1N1CCN(C(=O)c2ccccc2C(F)(F)F)CC1. The number of carbonyl (C=O) groups is 3. The number of halogens is 4. The normalized spacial score (nSPS) is 13.4. The Morgan fingerprint density at radius 2 is 1.54 bits per heavy atom. The van der Waals surface area contributed by atoms with Crippen LogP contribution in [-0.2, 0) is 6.18 Å².